The van der Waals surface area contributed by atoms with Crippen LogP contribution in [0, 0.1) is 5.92 Å². The predicted octanol–water partition coefficient (Wildman–Crippen LogP) is 0.832. The smallest absolute Gasteiger partial charge is 0.147 e. The number of hydrogen-bond donors (Lipinski definition) is 2. The third-order valence-corrected chi connectivity index (χ3v) is 2.68. The van der Waals surface area contributed by atoms with Crippen LogP contribution in [0.2, 0.25) is 0 Å². The molecule has 1 aromatic heterocycles. The molecule has 0 unspecified atom stereocenters. The zero-order chi connectivity index (χ0) is 9.80. The zero-order valence-corrected chi connectivity index (χ0v) is 8.66. The zero-order valence-electron chi connectivity index (χ0n) is 8.66. The molecule has 14 heavy (non-hydrogen) atoms. The topological polar surface area (TPSA) is 41.9 Å². The second-order valence-electron chi connectivity index (χ2n) is 3.97. The molecule has 2 heterocycles. The Morgan fingerprint density at radius 2 is 2.64 bits per heavy atom. The molecule has 2 N–H and O–H groups in total. The van der Waals surface area contributed by atoms with Gasteiger partial charge in [0.25, 0.3) is 0 Å². The van der Waals surface area contributed by atoms with E-state index in [9.17, 15) is 0 Å². The minimum atomic E-state index is 0.755. The fourth-order valence-electron chi connectivity index (χ4n) is 1.86. The first-order valence-corrected chi connectivity index (χ1v) is 5.29. The van der Waals surface area contributed by atoms with Crippen molar-refractivity contribution in [2.75, 3.05) is 25.0 Å². The van der Waals surface area contributed by atoms with E-state index in [0.29, 0.717) is 0 Å². The molecule has 4 heteroatoms. The maximum atomic E-state index is 4.28. The summed E-state index contributed by atoms with van der Waals surface area (Å²) in [6.07, 6.45) is 4.59. The molecule has 1 aliphatic rings. The SMILES string of the molecule is Cn1ccc(NC[C@H]2CCCNC2)n1. The maximum absolute atomic E-state index is 4.28. The summed E-state index contributed by atoms with van der Waals surface area (Å²) in [7, 11) is 1.94. The van der Waals surface area contributed by atoms with E-state index in [1.54, 1.807) is 0 Å². The number of hydrogen-bond acceptors (Lipinski definition) is 3. The fourth-order valence-corrected chi connectivity index (χ4v) is 1.86. The van der Waals surface area contributed by atoms with Crippen LogP contribution < -0.4 is 10.6 Å². The third-order valence-electron chi connectivity index (χ3n) is 2.68. The Hall–Kier alpha value is -1.03. The summed E-state index contributed by atoms with van der Waals surface area (Å²) in [4.78, 5) is 0. The minimum absolute atomic E-state index is 0.755. The van der Waals surface area contributed by atoms with Crippen molar-refractivity contribution < 1.29 is 0 Å². The lowest BCUT2D eigenvalue weighted by molar-refractivity contribution is 0.392. The highest BCUT2D eigenvalue weighted by Gasteiger charge is 2.12. The maximum Gasteiger partial charge on any atom is 0.147 e. The summed E-state index contributed by atoms with van der Waals surface area (Å²) >= 11 is 0. The van der Waals surface area contributed by atoms with Gasteiger partial charge in [0.15, 0.2) is 0 Å². The van der Waals surface area contributed by atoms with Crippen molar-refractivity contribution in [2.24, 2.45) is 13.0 Å². The van der Waals surface area contributed by atoms with Gasteiger partial charge in [-0.25, -0.2) is 0 Å². The summed E-state index contributed by atoms with van der Waals surface area (Å²) in [5, 5.41) is 11.1. The largest absolute Gasteiger partial charge is 0.368 e. The van der Waals surface area contributed by atoms with Crippen molar-refractivity contribution in [3.63, 3.8) is 0 Å². The van der Waals surface area contributed by atoms with E-state index in [4.69, 9.17) is 0 Å². The second-order valence-corrected chi connectivity index (χ2v) is 3.97. The quantitative estimate of drug-likeness (QED) is 0.749. The van der Waals surface area contributed by atoms with Gasteiger partial charge in [0.05, 0.1) is 0 Å². The van der Waals surface area contributed by atoms with Crippen LogP contribution in [0.3, 0.4) is 0 Å². The molecule has 2 rings (SSSR count). The van der Waals surface area contributed by atoms with E-state index in [1.807, 2.05) is 24.0 Å². The number of piperidine rings is 1. The normalized spacial score (nSPS) is 22.2. The average molecular weight is 194 g/mol. The molecule has 0 spiro atoms. The van der Waals surface area contributed by atoms with Crippen molar-refractivity contribution in [3.05, 3.63) is 12.3 Å². The number of aryl methyl sites for hydroxylation is 1. The Morgan fingerprint density at radius 1 is 1.71 bits per heavy atom. The van der Waals surface area contributed by atoms with E-state index in [-0.39, 0.29) is 0 Å². The molecule has 0 aromatic carbocycles. The van der Waals surface area contributed by atoms with Gasteiger partial charge in [0.1, 0.15) is 5.82 Å². The molecule has 1 saturated heterocycles. The van der Waals surface area contributed by atoms with Crippen LogP contribution >= 0.6 is 0 Å². The van der Waals surface area contributed by atoms with Crippen LogP contribution in [-0.2, 0) is 7.05 Å². The first-order chi connectivity index (χ1) is 6.84. The van der Waals surface area contributed by atoms with Gasteiger partial charge in [-0.15, -0.1) is 0 Å². The number of aromatic nitrogens is 2. The van der Waals surface area contributed by atoms with Crippen molar-refractivity contribution in [3.8, 4) is 0 Å². The van der Waals surface area contributed by atoms with Crippen LogP contribution in [-0.4, -0.2) is 29.4 Å². The highest BCUT2D eigenvalue weighted by molar-refractivity contribution is 5.31. The number of nitrogens with zero attached hydrogens (tertiary/aromatic N) is 2. The summed E-state index contributed by atoms with van der Waals surface area (Å²) in [6, 6.07) is 2.01. The van der Waals surface area contributed by atoms with E-state index >= 15 is 0 Å². The van der Waals surface area contributed by atoms with E-state index < -0.39 is 0 Å². The van der Waals surface area contributed by atoms with Crippen molar-refractivity contribution in [1.82, 2.24) is 15.1 Å². The monoisotopic (exact) mass is 194 g/mol. The van der Waals surface area contributed by atoms with Crippen LogP contribution in [0.4, 0.5) is 5.82 Å². The molecule has 0 radical (unpaired) electrons. The van der Waals surface area contributed by atoms with Gasteiger partial charge in [-0.2, -0.15) is 5.10 Å². The molecule has 0 amide bonds. The third kappa shape index (κ3) is 2.48. The molecule has 1 aliphatic heterocycles. The average Bonchev–Trinajstić information content (AvgIpc) is 2.63. The van der Waals surface area contributed by atoms with E-state index in [2.05, 4.69) is 15.7 Å². The number of anilines is 1. The molecule has 0 bridgehead atoms. The minimum Gasteiger partial charge on any atom is -0.368 e. The van der Waals surface area contributed by atoms with Gasteiger partial charge in [0.2, 0.25) is 0 Å². The number of nitrogens with one attached hydrogen (secondary N) is 2. The molecular weight excluding hydrogens is 176 g/mol. The Labute approximate surface area is 84.7 Å². The van der Waals surface area contributed by atoms with Crippen LogP contribution in [0.25, 0.3) is 0 Å². The molecule has 1 aromatic rings. The van der Waals surface area contributed by atoms with Gasteiger partial charge in [-0.05, 0) is 31.8 Å². The Morgan fingerprint density at radius 3 is 3.29 bits per heavy atom. The summed E-state index contributed by atoms with van der Waals surface area (Å²) in [5.41, 5.74) is 0. The second kappa shape index (κ2) is 4.46. The molecule has 78 valence electrons. The lowest BCUT2D eigenvalue weighted by atomic mass is 10.00. The molecule has 0 aliphatic carbocycles. The van der Waals surface area contributed by atoms with E-state index in [0.717, 1.165) is 24.8 Å². The molecule has 1 atom stereocenters. The lowest BCUT2D eigenvalue weighted by Gasteiger charge is -2.22. The van der Waals surface area contributed by atoms with Crippen molar-refractivity contribution >= 4 is 5.82 Å². The van der Waals surface area contributed by atoms with Crippen LogP contribution in [0.1, 0.15) is 12.8 Å². The van der Waals surface area contributed by atoms with Crippen LogP contribution in [0.5, 0.6) is 0 Å². The lowest BCUT2D eigenvalue weighted by Crippen LogP contribution is -2.33. The molecule has 1 fully saturated rings. The highest BCUT2D eigenvalue weighted by atomic mass is 15.3. The van der Waals surface area contributed by atoms with E-state index in [1.165, 1.54) is 19.4 Å². The molecule has 0 saturated carbocycles. The van der Waals surface area contributed by atoms with Gasteiger partial charge >= 0.3 is 0 Å². The van der Waals surface area contributed by atoms with Gasteiger partial charge in [0, 0.05) is 25.9 Å². The molecular formula is C10H18N4. The first-order valence-electron chi connectivity index (χ1n) is 5.29. The van der Waals surface area contributed by atoms with Crippen molar-refractivity contribution in [1.29, 1.82) is 0 Å². The summed E-state index contributed by atoms with van der Waals surface area (Å²) < 4.78 is 1.82. The van der Waals surface area contributed by atoms with Gasteiger partial charge in [-0.3, -0.25) is 4.68 Å². The highest BCUT2D eigenvalue weighted by Crippen LogP contribution is 2.11. The fraction of sp³-hybridized carbons (Fsp3) is 0.700. The summed E-state index contributed by atoms with van der Waals surface area (Å²) in [5.74, 6) is 1.74. The standard InChI is InChI=1S/C10H18N4/c1-14-6-4-10(13-14)12-8-9-3-2-5-11-7-9/h4,6,9,11H,2-3,5,7-8H2,1H3,(H,12,13)/t9-/m0/s1. The van der Waals surface area contributed by atoms with Crippen molar-refractivity contribution in [2.45, 2.75) is 12.8 Å². The summed E-state index contributed by atoms with van der Waals surface area (Å²) in [6.45, 7) is 3.35. The molecule has 4 nitrogen and oxygen atoms in total. The predicted molar refractivity (Wildman–Crippen MR) is 57.3 cm³/mol. The van der Waals surface area contributed by atoms with Crippen LogP contribution in [0.15, 0.2) is 12.3 Å². The Kier molecular flexibility index (Phi) is 3.03. The number of rotatable bonds is 3. The van der Waals surface area contributed by atoms with Gasteiger partial charge < -0.3 is 10.6 Å². The van der Waals surface area contributed by atoms with Gasteiger partial charge in [-0.1, -0.05) is 0 Å². The Balaban J connectivity index is 1.76. The Bertz CT molecular complexity index is 275. The first kappa shape index (κ1) is 9.52.